The highest BCUT2D eigenvalue weighted by Crippen LogP contribution is 2.25. The van der Waals surface area contributed by atoms with Crippen LogP contribution in [-0.2, 0) is 9.47 Å². The van der Waals surface area contributed by atoms with E-state index in [9.17, 15) is 0 Å². The zero-order valence-corrected chi connectivity index (χ0v) is 10.1. The first-order valence-electron chi connectivity index (χ1n) is 6.24. The highest BCUT2D eigenvalue weighted by atomic mass is 16.5. The van der Waals surface area contributed by atoms with Crippen LogP contribution in [0.5, 0.6) is 0 Å². The first kappa shape index (κ1) is 12.7. The molecule has 0 N–H and O–H groups in total. The van der Waals surface area contributed by atoms with Gasteiger partial charge in [0.15, 0.2) is 0 Å². The van der Waals surface area contributed by atoms with E-state index in [1.165, 1.54) is 0 Å². The van der Waals surface area contributed by atoms with Crippen LogP contribution in [0.1, 0.15) is 39.5 Å². The number of rotatable bonds is 8. The second-order valence-corrected chi connectivity index (χ2v) is 4.16. The average Bonchev–Trinajstić information content (AvgIpc) is 2.69. The Bertz CT molecular complexity index is 177. The quantitative estimate of drug-likeness (QED) is 0.454. The molecule has 0 aliphatic heterocycles. The first-order chi connectivity index (χ1) is 7.38. The Balaban J connectivity index is 2.11. The fourth-order valence-electron chi connectivity index (χ4n) is 1.89. The minimum absolute atomic E-state index is 0.343. The molecule has 1 aliphatic rings. The molecule has 0 aromatic heterocycles. The molecule has 0 amide bonds. The highest BCUT2D eigenvalue weighted by Gasteiger charge is 2.22. The lowest BCUT2D eigenvalue weighted by molar-refractivity contribution is 0.0352. The molecule has 0 saturated carbocycles. The third kappa shape index (κ3) is 4.80. The highest BCUT2D eigenvalue weighted by molar-refractivity contribution is 5.02. The van der Waals surface area contributed by atoms with Gasteiger partial charge in [-0.25, -0.2) is 0 Å². The second kappa shape index (κ2) is 7.89. The molecule has 2 nitrogen and oxygen atoms in total. The van der Waals surface area contributed by atoms with E-state index in [2.05, 4.69) is 26.0 Å². The molecule has 0 aromatic carbocycles. The zero-order chi connectivity index (χ0) is 10.9. The molecule has 1 aliphatic carbocycles. The van der Waals surface area contributed by atoms with Crippen molar-refractivity contribution in [1.82, 2.24) is 0 Å². The van der Waals surface area contributed by atoms with Crippen molar-refractivity contribution in [3.8, 4) is 0 Å². The topological polar surface area (TPSA) is 18.5 Å². The van der Waals surface area contributed by atoms with Gasteiger partial charge in [-0.2, -0.15) is 0 Å². The van der Waals surface area contributed by atoms with Crippen molar-refractivity contribution in [2.75, 3.05) is 19.8 Å². The fraction of sp³-hybridized carbons (Fsp3) is 0.846. The summed E-state index contributed by atoms with van der Waals surface area (Å²) in [6, 6.07) is 0. The van der Waals surface area contributed by atoms with E-state index in [4.69, 9.17) is 9.47 Å². The molecule has 0 saturated heterocycles. The Morgan fingerprint density at radius 2 is 1.93 bits per heavy atom. The van der Waals surface area contributed by atoms with E-state index in [1.54, 1.807) is 0 Å². The fourth-order valence-corrected chi connectivity index (χ4v) is 1.89. The van der Waals surface area contributed by atoms with Crippen LogP contribution < -0.4 is 0 Å². The molecule has 0 spiro atoms. The minimum Gasteiger partial charge on any atom is -0.381 e. The smallest absolute Gasteiger partial charge is 0.0787 e. The van der Waals surface area contributed by atoms with Gasteiger partial charge in [-0.05, 0) is 31.6 Å². The van der Waals surface area contributed by atoms with Crippen LogP contribution in [0.15, 0.2) is 12.2 Å². The monoisotopic (exact) mass is 212 g/mol. The first-order valence-corrected chi connectivity index (χ1v) is 6.24. The van der Waals surface area contributed by atoms with Crippen molar-refractivity contribution >= 4 is 0 Å². The molecule has 1 rings (SSSR count). The van der Waals surface area contributed by atoms with Crippen LogP contribution in [0.4, 0.5) is 0 Å². The van der Waals surface area contributed by atoms with Gasteiger partial charge < -0.3 is 9.47 Å². The van der Waals surface area contributed by atoms with E-state index in [0.717, 1.165) is 45.5 Å². The van der Waals surface area contributed by atoms with E-state index in [-0.39, 0.29) is 0 Å². The molecule has 2 heteroatoms. The maximum absolute atomic E-state index is 5.78. The van der Waals surface area contributed by atoms with Crippen molar-refractivity contribution in [3.05, 3.63) is 12.2 Å². The van der Waals surface area contributed by atoms with Gasteiger partial charge in [0.2, 0.25) is 0 Å². The number of ether oxygens (including phenoxy) is 2. The van der Waals surface area contributed by atoms with Crippen molar-refractivity contribution in [2.24, 2.45) is 5.92 Å². The SMILES string of the molecule is CCCOCCC1CC=CC1OCCC. The zero-order valence-electron chi connectivity index (χ0n) is 10.1. The van der Waals surface area contributed by atoms with Gasteiger partial charge in [-0.15, -0.1) is 0 Å². The lowest BCUT2D eigenvalue weighted by Crippen LogP contribution is -2.20. The van der Waals surface area contributed by atoms with Gasteiger partial charge >= 0.3 is 0 Å². The Morgan fingerprint density at radius 3 is 2.67 bits per heavy atom. The van der Waals surface area contributed by atoms with Crippen LogP contribution in [0.25, 0.3) is 0 Å². The molecule has 2 unspecified atom stereocenters. The van der Waals surface area contributed by atoms with E-state index >= 15 is 0 Å². The molecule has 0 heterocycles. The molecule has 2 atom stereocenters. The summed E-state index contributed by atoms with van der Waals surface area (Å²) < 4.78 is 11.3. The van der Waals surface area contributed by atoms with Gasteiger partial charge in [0.05, 0.1) is 6.10 Å². The van der Waals surface area contributed by atoms with E-state index < -0.39 is 0 Å². The van der Waals surface area contributed by atoms with Gasteiger partial charge in [0, 0.05) is 19.8 Å². The normalized spacial score (nSPS) is 24.9. The Kier molecular flexibility index (Phi) is 6.69. The summed E-state index contributed by atoms with van der Waals surface area (Å²) in [5, 5.41) is 0. The summed E-state index contributed by atoms with van der Waals surface area (Å²) in [6.07, 6.45) is 9.29. The summed E-state index contributed by atoms with van der Waals surface area (Å²) in [6.45, 7) is 6.94. The maximum Gasteiger partial charge on any atom is 0.0787 e. The third-order valence-corrected chi connectivity index (χ3v) is 2.73. The molecule has 88 valence electrons. The van der Waals surface area contributed by atoms with Crippen LogP contribution in [0.2, 0.25) is 0 Å². The lowest BCUT2D eigenvalue weighted by Gasteiger charge is -2.19. The minimum atomic E-state index is 0.343. The summed E-state index contributed by atoms with van der Waals surface area (Å²) >= 11 is 0. The molecule has 0 aromatic rings. The van der Waals surface area contributed by atoms with Crippen molar-refractivity contribution < 1.29 is 9.47 Å². The van der Waals surface area contributed by atoms with E-state index in [1.807, 2.05) is 0 Å². The van der Waals surface area contributed by atoms with Crippen LogP contribution >= 0.6 is 0 Å². The summed E-state index contributed by atoms with van der Waals surface area (Å²) in [4.78, 5) is 0. The summed E-state index contributed by atoms with van der Waals surface area (Å²) in [5.74, 6) is 0.647. The van der Waals surface area contributed by atoms with Crippen LogP contribution in [0, 0.1) is 5.92 Å². The summed E-state index contributed by atoms with van der Waals surface area (Å²) in [7, 11) is 0. The second-order valence-electron chi connectivity index (χ2n) is 4.16. The number of hydrogen-bond donors (Lipinski definition) is 0. The maximum atomic E-state index is 5.78. The van der Waals surface area contributed by atoms with E-state index in [0.29, 0.717) is 12.0 Å². The molecule has 0 radical (unpaired) electrons. The molecular weight excluding hydrogens is 188 g/mol. The van der Waals surface area contributed by atoms with Gasteiger partial charge in [0.25, 0.3) is 0 Å². The predicted octanol–water partition coefficient (Wildman–Crippen LogP) is 3.17. The standard InChI is InChI=1S/C13H24O2/c1-3-9-14-11-8-12-6-5-7-13(12)15-10-4-2/h5,7,12-13H,3-4,6,8-11H2,1-2H3. The van der Waals surface area contributed by atoms with Crippen LogP contribution in [-0.4, -0.2) is 25.9 Å². The molecule has 0 fully saturated rings. The number of hydrogen-bond acceptors (Lipinski definition) is 2. The Morgan fingerprint density at radius 1 is 1.13 bits per heavy atom. The Hall–Kier alpha value is -0.340. The largest absolute Gasteiger partial charge is 0.381 e. The summed E-state index contributed by atoms with van der Waals surface area (Å²) in [5.41, 5.74) is 0. The molecular formula is C13H24O2. The number of allylic oxidation sites excluding steroid dienone is 1. The average molecular weight is 212 g/mol. The predicted molar refractivity (Wildman–Crippen MR) is 63.0 cm³/mol. The van der Waals surface area contributed by atoms with Crippen molar-refractivity contribution in [1.29, 1.82) is 0 Å². The molecule has 15 heavy (non-hydrogen) atoms. The lowest BCUT2D eigenvalue weighted by atomic mass is 10.0. The van der Waals surface area contributed by atoms with Gasteiger partial charge in [-0.3, -0.25) is 0 Å². The van der Waals surface area contributed by atoms with Crippen molar-refractivity contribution in [3.63, 3.8) is 0 Å². The van der Waals surface area contributed by atoms with Crippen molar-refractivity contribution in [2.45, 2.75) is 45.6 Å². The van der Waals surface area contributed by atoms with Crippen LogP contribution in [0.3, 0.4) is 0 Å². The molecule has 0 bridgehead atoms. The Labute approximate surface area is 93.7 Å². The third-order valence-electron chi connectivity index (χ3n) is 2.73. The van der Waals surface area contributed by atoms with Gasteiger partial charge in [0.1, 0.15) is 0 Å². The van der Waals surface area contributed by atoms with Gasteiger partial charge in [-0.1, -0.05) is 26.0 Å².